The summed E-state index contributed by atoms with van der Waals surface area (Å²) in [4.78, 5) is 16.0. The zero-order chi connectivity index (χ0) is 20.0. The normalized spacial score (nSPS) is 15.9. The molecule has 0 aromatic carbocycles. The minimum Gasteiger partial charge on any atom is -0.305 e. The molecule has 3 N–H and O–H groups in total. The zero-order valence-electron chi connectivity index (χ0n) is 14.5. The van der Waals surface area contributed by atoms with Crippen LogP contribution in [0.3, 0.4) is 0 Å². The maximum absolute atomic E-state index is 13.3. The van der Waals surface area contributed by atoms with Crippen LogP contribution in [0.4, 0.5) is 23.7 Å². The van der Waals surface area contributed by atoms with Gasteiger partial charge >= 0.3 is 12.2 Å². The summed E-state index contributed by atoms with van der Waals surface area (Å²) in [5.41, 5.74) is -0.452. The van der Waals surface area contributed by atoms with E-state index in [-0.39, 0.29) is 16.3 Å². The van der Waals surface area contributed by atoms with Gasteiger partial charge in [-0.1, -0.05) is 0 Å². The Labute approximate surface area is 153 Å². The van der Waals surface area contributed by atoms with Gasteiger partial charge in [-0.2, -0.15) is 18.3 Å². The molecule has 1 atom stereocenters. The average Bonchev–Trinajstić information content (AvgIpc) is 3.17. The van der Waals surface area contributed by atoms with Crippen LogP contribution in [0.15, 0.2) is 21.7 Å². The van der Waals surface area contributed by atoms with Gasteiger partial charge in [0, 0.05) is 24.5 Å². The van der Waals surface area contributed by atoms with Gasteiger partial charge in [0.05, 0.1) is 5.69 Å². The molecule has 0 saturated carbocycles. The zero-order valence-corrected chi connectivity index (χ0v) is 15.3. The van der Waals surface area contributed by atoms with Crippen LogP contribution < -0.4 is 10.5 Å². The highest BCUT2D eigenvalue weighted by molar-refractivity contribution is 7.91. The lowest BCUT2D eigenvalue weighted by Crippen LogP contribution is -2.21. The lowest BCUT2D eigenvalue weighted by atomic mass is 10.1. The van der Waals surface area contributed by atoms with Crippen LogP contribution in [0.2, 0.25) is 0 Å². The van der Waals surface area contributed by atoms with Gasteiger partial charge in [-0.15, -0.1) is 4.36 Å². The highest BCUT2D eigenvalue weighted by Crippen LogP contribution is 2.38. The van der Waals surface area contributed by atoms with Crippen molar-refractivity contribution in [1.29, 1.82) is 0 Å². The molecule has 0 aliphatic heterocycles. The number of aryl methyl sites for hydroxylation is 2. The maximum Gasteiger partial charge on any atom is 0.433 e. The minimum absolute atomic E-state index is 0.00482. The Morgan fingerprint density at radius 2 is 2.11 bits per heavy atom. The second kappa shape index (κ2) is 6.60. The first-order valence-corrected chi connectivity index (χ1v) is 9.52. The van der Waals surface area contributed by atoms with Gasteiger partial charge in [0.2, 0.25) is 0 Å². The summed E-state index contributed by atoms with van der Waals surface area (Å²) in [6.07, 6.45) is -1.68. The van der Waals surface area contributed by atoms with Gasteiger partial charge in [-0.05, 0) is 37.8 Å². The summed E-state index contributed by atoms with van der Waals surface area (Å²) >= 11 is 0. The lowest BCUT2D eigenvalue weighted by molar-refractivity contribution is -0.141. The third kappa shape index (κ3) is 3.81. The van der Waals surface area contributed by atoms with E-state index in [4.69, 9.17) is 5.14 Å². The molecule has 0 spiro atoms. The number of alkyl halides is 3. The number of carbonyl (C=O) groups is 1. The molecule has 146 valence electrons. The van der Waals surface area contributed by atoms with Gasteiger partial charge < -0.3 is 5.32 Å². The molecule has 0 bridgehead atoms. The van der Waals surface area contributed by atoms with Crippen molar-refractivity contribution in [3.05, 3.63) is 34.8 Å². The Hall–Kier alpha value is -2.47. The molecule has 0 saturated heterocycles. The molecule has 2 amide bonds. The summed E-state index contributed by atoms with van der Waals surface area (Å²) in [7, 11) is -2.06. The number of nitrogens with one attached hydrogen (secondary N) is 1. The molecule has 1 unspecified atom stereocenters. The summed E-state index contributed by atoms with van der Waals surface area (Å²) in [6.45, 7) is 1.22. The molecular formula is C15H17F3N6O2S. The molecule has 8 nitrogen and oxygen atoms in total. The molecule has 0 radical (unpaired) electrons. The Balaban J connectivity index is 2.01. The van der Waals surface area contributed by atoms with Gasteiger partial charge in [0.1, 0.15) is 5.69 Å². The molecular weight excluding hydrogens is 385 g/mol. The van der Waals surface area contributed by atoms with Crippen molar-refractivity contribution in [2.45, 2.75) is 37.4 Å². The maximum atomic E-state index is 13.3. The fourth-order valence-corrected chi connectivity index (χ4v) is 3.87. The molecule has 0 fully saturated rings. The van der Waals surface area contributed by atoms with E-state index in [1.54, 1.807) is 7.05 Å². The molecule has 2 heterocycles. The van der Waals surface area contributed by atoms with Gasteiger partial charge in [0.25, 0.3) is 0 Å². The highest BCUT2D eigenvalue weighted by atomic mass is 32.2. The van der Waals surface area contributed by atoms with E-state index in [1.165, 1.54) is 23.9 Å². The van der Waals surface area contributed by atoms with Crippen LogP contribution in [-0.2, 0) is 36.0 Å². The van der Waals surface area contributed by atoms with Gasteiger partial charge in [0.15, 0.2) is 14.9 Å². The number of aromatic nitrogens is 3. The number of anilines is 1. The number of pyridine rings is 1. The fourth-order valence-electron chi connectivity index (χ4n) is 2.98. The van der Waals surface area contributed by atoms with Crippen molar-refractivity contribution in [3.63, 3.8) is 0 Å². The molecule has 2 aromatic rings. The number of halogens is 3. The number of fused-ring (bicyclic) bond motifs is 1. The number of hydrogen-bond acceptors (Lipinski definition) is 4. The van der Waals surface area contributed by atoms with Gasteiger partial charge in [-0.25, -0.2) is 19.1 Å². The Bertz CT molecular complexity index is 1040. The van der Waals surface area contributed by atoms with E-state index in [2.05, 4.69) is 19.8 Å². The molecule has 12 heteroatoms. The first-order chi connectivity index (χ1) is 12.5. The Kier molecular flexibility index (Phi) is 4.72. The second-order valence-electron chi connectivity index (χ2n) is 6.15. The Morgan fingerprint density at radius 1 is 1.41 bits per heavy atom. The Morgan fingerprint density at radius 3 is 2.70 bits per heavy atom. The first-order valence-electron chi connectivity index (χ1n) is 7.94. The SMILES string of the molecule is Cc1c(C(F)(F)F)nc2c(c1NC(=O)N=S(N)(=O)c1ccn(C)n1)CCC2. The van der Waals surface area contributed by atoms with Crippen molar-refractivity contribution < 1.29 is 22.2 Å². The average molecular weight is 402 g/mol. The van der Waals surface area contributed by atoms with Crippen LogP contribution in [0, 0.1) is 6.92 Å². The predicted molar refractivity (Wildman–Crippen MR) is 91.3 cm³/mol. The molecule has 2 aromatic heterocycles. The summed E-state index contributed by atoms with van der Waals surface area (Å²) in [5.74, 6) is 0. The summed E-state index contributed by atoms with van der Waals surface area (Å²) in [5, 5.41) is 11.6. The smallest absolute Gasteiger partial charge is 0.305 e. The number of rotatable bonds is 2. The number of nitrogens with zero attached hydrogens (tertiary/aromatic N) is 4. The summed E-state index contributed by atoms with van der Waals surface area (Å²) < 4.78 is 57.0. The van der Waals surface area contributed by atoms with Crippen LogP contribution in [-0.4, -0.2) is 25.0 Å². The van der Waals surface area contributed by atoms with Crippen molar-refractivity contribution in [2.24, 2.45) is 16.5 Å². The van der Waals surface area contributed by atoms with Crippen molar-refractivity contribution in [2.75, 3.05) is 5.32 Å². The highest BCUT2D eigenvalue weighted by Gasteiger charge is 2.37. The van der Waals surface area contributed by atoms with Crippen molar-refractivity contribution in [3.8, 4) is 0 Å². The predicted octanol–water partition coefficient (Wildman–Crippen LogP) is 2.56. The van der Waals surface area contributed by atoms with E-state index in [9.17, 15) is 22.2 Å². The molecule has 1 aliphatic carbocycles. The lowest BCUT2D eigenvalue weighted by Gasteiger charge is -2.17. The summed E-state index contributed by atoms with van der Waals surface area (Å²) in [6, 6.07) is 0.237. The van der Waals surface area contributed by atoms with Crippen LogP contribution >= 0.6 is 0 Å². The van der Waals surface area contributed by atoms with Crippen molar-refractivity contribution in [1.82, 2.24) is 14.8 Å². The van der Waals surface area contributed by atoms with E-state index in [0.29, 0.717) is 30.5 Å². The van der Waals surface area contributed by atoms with E-state index in [0.717, 1.165) is 0 Å². The third-order valence-corrected chi connectivity index (χ3v) is 5.43. The minimum atomic E-state index is -4.66. The third-order valence-electron chi connectivity index (χ3n) is 4.18. The number of urea groups is 1. The van der Waals surface area contributed by atoms with Crippen LogP contribution in [0.25, 0.3) is 0 Å². The molecule has 1 aliphatic rings. The molecule has 3 rings (SSSR count). The standard InChI is InChI=1S/C15H17F3N6O2S/c1-8-12(9-4-3-5-10(9)20-13(8)15(16,17)18)21-14(25)23-27(19,26)11-6-7-24(2)22-11/h6-7H,3-5H2,1-2H3,(H3,19,20,21,23,25,26). The monoisotopic (exact) mass is 402 g/mol. The van der Waals surface area contributed by atoms with Gasteiger partial charge in [-0.3, -0.25) is 4.68 Å². The van der Waals surface area contributed by atoms with E-state index < -0.39 is 27.8 Å². The quantitative estimate of drug-likeness (QED) is 0.803. The fraction of sp³-hybridized carbons (Fsp3) is 0.400. The van der Waals surface area contributed by atoms with Crippen molar-refractivity contribution >= 4 is 21.6 Å². The topological polar surface area (TPSA) is 115 Å². The van der Waals surface area contributed by atoms with E-state index in [1.807, 2.05) is 0 Å². The van der Waals surface area contributed by atoms with Crippen LogP contribution in [0.5, 0.6) is 0 Å². The number of nitrogens with two attached hydrogens (primary N) is 1. The van der Waals surface area contributed by atoms with Crippen LogP contribution in [0.1, 0.15) is 28.9 Å². The second-order valence-corrected chi connectivity index (χ2v) is 7.89. The largest absolute Gasteiger partial charge is 0.433 e. The van der Waals surface area contributed by atoms with E-state index >= 15 is 0 Å². The molecule has 27 heavy (non-hydrogen) atoms. The first kappa shape index (κ1) is 19.3. The number of carbonyl (C=O) groups excluding carboxylic acids is 1. The number of amides is 2. The number of hydrogen-bond donors (Lipinski definition) is 2.